The molecule has 1 rings (SSSR count). The van der Waals surface area contributed by atoms with E-state index in [4.69, 9.17) is 4.74 Å². The molecular weight excluding hydrogens is 276 g/mol. The summed E-state index contributed by atoms with van der Waals surface area (Å²) in [6, 6.07) is 1.98. The van der Waals surface area contributed by atoms with E-state index >= 15 is 0 Å². The first-order valence-electron chi connectivity index (χ1n) is 6.61. The standard InChI is InChI=1S/C14H22N2O3S/c1-14(2,3)19-13(18)15-7-4-5-12(17)16-9-11-6-8-20-10-11/h6,8,10H,4-5,7,9H2,1-3H3,(H,15,18)(H,16,17). The Morgan fingerprint density at radius 1 is 1.30 bits per heavy atom. The van der Waals surface area contributed by atoms with Crippen molar-refractivity contribution in [3.63, 3.8) is 0 Å². The highest BCUT2D eigenvalue weighted by Gasteiger charge is 2.15. The fourth-order valence-electron chi connectivity index (χ4n) is 1.44. The van der Waals surface area contributed by atoms with Crippen molar-refractivity contribution in [3.8, 4) is 0 Å². The number of carbonyl (C=O) groups is 2. The second kappa shape index (κ2) is 7.89. The van der Waals surface area contributed by atoms with Crippen molar-refractivity contribution in [2.75, 3.05) is 6.54 Å². The molecule has 0 radical (unpaired) electrons. The lowest BCUT2D eigenvalue weighted by Gasteiger charge is -2.19. The van der Waals surface area contributed by atoms with Gasteiger partial charge in [-0.25, -0.2) is 4.79 Å². The molecule has 0 bridgehead atoms. The molecule has 0 saturated heterocycles. The Morgan fingerprint density at radius 2 is 2.05 bits per heavy atom. The van der Waals surface area contributed by atoms with E-state index in [-0.39, 0.29) is 5.91 Å². The zero-order valence-corrected chi connectivity index (χ0v) is 13.0. The molecule has 0 spiro atoms. The van der Waals surface area contributed by atoms with E-state index in [9.17, 15) is 9.59 Å². The molecule has 2 amide bonds. The topological polar surface area (TPSA) is 67.4 Å². The average Bonchev–Trinajstić information content (AvgIpc) is 2.83. The maximum absolute atomic E-state index is 11.6. The number of hydrogen-bond acceptors (Lipinski definition) is 4. The highest BCUT2D eigenvalue weighted by Crippen LogP contribution is 2.06. The van der Waals surface area contributed by atoms with Gasteiger partial charge in [-0.3, -0.25) is 4.79 Å². The highest BCUT2D eigenvalue weighted by molar-refractivity contribution is 7.07. The minimum absolute atomic E-state index is 0.0119. The van der Waals surface area contributed by atoms with Gasteiger partial charge >= 0.3 is 6.09 Å². The van der Waals surface area contributed by atoms with Gasteiger partial charge in [0.2, 0.25) is 5.91 Å². The molecule has 1 aromatic heterocycles. The van der Waals surface area contributed by atoms with Gasteiger partial charge in [0.25, 0.3) is 0 Å². The summed E-state index contributed by atoms with van der Waals surface area (Å²) in [5.74, 6) is -0.0119. The summed E-state index contributed by atoms with van der Waals surface area (Å²) in [6.45, 7) is 6.42. The number of amides is 2. The Labute approximate surface area is 123 Å². The van der Waals surface area contributed by atoms with Crippen molar-refractivity contribution in [2.24, 2.45) is 0 Å². The molecule has 20 heavy (non-hydrogen) atoms. The van der Waals surface area contributed by atoms with Crippen LogP contribution in [0.1, 0.15) is 39.2 Å². The van der Waals surface area contributed by atoms with Crippen LogP contribution in [0.4, 0.5) is 4.79 Å². The van der Waals surface area contributed by atoms with Gasteiger partial charge in [0.05, 0.1) is 0 Å². The molecule has 1 aromatic rings. The summed E-state index contributed by atoms with van der Waals surface area (Å²) in [7, 11) is 0. The van der Waals surface area contributed by atoms with E-state index in [1.807, 2.05) is 37.6 Å². The SMILES string of the molecule is CC(C)(C)OC(=O)NCCCC(=O)NCc1ccsc1. The highest BCUT2D eigenvalue weighted by atomic mass is 32.1. The average molecular weight is 298 g/mol. The van der Waals surface area contributed by atoms with Crippen molar-refractivity contribution in [3.05, 3.63) is 22.4 Å². The van der Waals surface area contributed by atoms with Crippen LogP contribution in [0.2, 0.25) is 0 Å². The van der Waals surface area contributed by atoms with Gasteiger partial charge in [-0.05, 0) is 49.6 Å². The Balaban J connectivity index is 2.06. The van der Waals surface area contributed by atoms with Crippen molar-refractivity contribution >= 4 is 23.3 Å². The van der Waals surface area contributed by atoms with Gasteiger partial charge in [-0.2, -0.15) is 11.3 Å². The Hall–Kier alpha value is -1.56. The molecular formula is C14H22N2O3S. The van der Waals surface area contributed by atoms with E-state index in [2.05, 4.69) is 10.6 Å². The summed E-state index contributed by atoms with van der Waals surface area (Å²) in [5, 5.41) is 9.44. The smallest absolute Gasteiger partial charge is 0.407 e. The molecule has 0 fully saturated rings. The third-order valence-corrected chi connectivity index (χ3v) is 3.05. The Kier molecular flexibility index (Phi) is 6.51. The van der Waals surface area contributed by atoms with Crippen LogP contribution in [-0.4, -0.2) is 24.1 Å². The fraction of sp³-hybridized carbons (Fsp3) is 0.571. The maximum Gasteiger partial charge on any atom is 0.407 e. The second-order valence-corrected chi connectivity index (χ2v) is 6.22. The van der Waals surface area contributed by atoms with Crippen LogP contribution in [0, 0.1) is 0 Å². The summed E-state index contributed by atoms with van der Waals surface area (Å²) in [5.41, 5.74) is 0.609. The van der Waals surface area contributed by atoms with Crippen molar-refractivity contribution in [1.82, 2.24) is 10.6 Å². The lowest BCUT2D eigenvalue weighted by atomic mass is 10.2. The molecule has 6 heteroatoms. The second-order valence-electron chi connectivity index (χ2n) is 5.44. The third kappa shape index (κ3) is 7.78. The molecule has 112 valence electrons. The molecule has 0 unspecified atom stereocenters. The van der Waals surface area contributed by atoms with Gasteiger partial charge in [-0.1, -0.05) is 0 Å². The number of hydrogen-bond donors (Lipinski definition) is 2. The predicted octanol–water partition coefficient (Wildman–Crippen LogP) is 2.67. The van der Waals surface area contributed by atoms with Gasteiger partial charge in [0, 0.05) is 19.5 Å². The van der Waals surface area contributed by atoms with Crippen molar-refractivity contribution in [1.29, 1.82) is 0 Å². The van der Waals surface area contributed by atoms with E-state index in [1.54, 1.807) is 11.3 Å². The number of thiophene rings is 1. The number of ether oxygens (including phenoxy) is 1. The van der Waals surface area contributed by atoms with Crippen LogP contribution in [0.5, 0.6) is 0 Å². The minimum atomic E-state index is -0.498. The first-order chi connectivity index (χ1) is 9.37. The van der Waals surface area contributed by atoms with E-state index in [1.165, 1.54) is 0 Å². The Morgan fingerprint density at radius 3 is 2.65 bits per heavy atom. The van der Waals surface area contributed by atoms with Crippen LogP contribution in [0.25, 0.3) is 0 Å². The van der Waals surface area contributed by atoms with Crippen LogP contribution in [-0.2, 0) is 16.1 Å². The number of alkyl carbamates (subject to hydrolysis) is 1. The van der Waals surface area contributed by atoms with Crippen LogP contribution >= 0.6 is 11.3 Å². The van der Waals surface area contributed by atoms with Gasteiger partial charge < -0.3 is 15.4 Å². The van der Waals surface area contributed by atoms with Gasteiger partial charge in [0.15, 0.2) is 0 Å². The summed E-state index contributed by atoms with van der Waals surface area (Å²) in [4.78, 5) is 22.9. The quantitative estimate of drug-likeness (QED) is 0.793. The van der Waals surface area contributed by atoms with Crippen LogP contribution in [0.3, 0.4) is 0 Å². The van der Waals surface area contributed by atoms with E-state index < -0.39 is 11.7 Å². The van der Waals surface area contributed by atoms with Crippen LogP contribution < -0.4 is 10.6 Å². The zero-order chi connectivity index (χ0) is 15.0. The first kappa shape index (κ1) is 16.5. The lowest BCUT2D eigenvalue weighted by molar-refractivity contribution is -0.121. The molecule has 1 heterocycles. The maximum atomic E-state index is 11.6. The molecule has 0 aromatic carbocycles. The van der Waals surface area contributed by atoms with Crippen molar-refractivity contribution in [2.45, 2.75) is 45.8 Å². The molecule has 0 aliphatic heterocycles. The van der Waals surface area contributed by atoms with Crippen LogP contribution in [0.15, 0.2) is 16.8 Å². The fourth-order valence-corrected chi connectivity index (χ4v) is 2.10. The van der Waals surface area contributed by atoms with Gasteiger partial charge in [-0.15, -0.1) is 0 Å². The molecule has 0 aliphatic carbocycles. The molecule has 2 N–H and O–H groups in total. The monoisotopic (exact) mass is 298 g/mol. The van der Waals surface area contributed by atoms with E-state index in [0.29, 0.717) is 25.9 Å². The largest absolute Gasteiger partial charge is 0.444 e. The molecule has 5 nitrogen and oxygen atoms in total. The predicted molar refractivity (Wildman–Crippen MR) is 79.6 cm³/mol. The normalized spacial score (nSPS) is 10.9. The van der Waals surface area contributed by atoms with Crippen molar-refractivity contribution < 1.29 is 14.3 Å². The minimum Gasteiger partial charge on any atom is -0.444 e. The lowest BCUT2D eigenvalue weighted by Crippen LogP contribution is -2.33. The summed E-state index contributed by atoms with van der Waals surface area (Å²) < 4.78 is 5.09. The summed E-state index contributed by atoms with van der Waals surface area (Å²) >= 11 is 1.61. The number of rotatable bonds is 6. The molecule has 0 saturated carbocycles. The Bertz CT molecular complexity index is 424. The van der Waals surface area contributed by atoms with Gasteiger partial charge in [0.1, 0.15) is 5.60 Å². The number of carbonyl (C=O) groups excluding carboxylic acids is 2. The molecule has 0 aliphatic rings. The van der Waals surface area contributed by atoms with E-state index in [0.717, 1.165) is 5.56 Å². The molecule has 0 atom stereocenters. The third-order valence-electron chi connectivity index (χ3n) is 2.32. The first-order valence-corrected chi connectivity index (χ1v) is 7.56. The summed E-state index contributed by atoms with van der Waals surface area (Å²) in [6.07, 6.45) is 0.533. The zero-order valence-electron chi connectivity index (χ0n) is 12.2. The number of nitrogens with one attached hydrogen (secondary N) is 2.